The van der Waals surface area contributed by atoms with Crippen LogP contribution in [0.5, 0.6) is 0 Å². The lowest BCUT2D eigenvalue weighted by molar-refractivity contribution is -0.119. The standard InChI is InChI=1S/C26H26N4OS2/c31-23(29-21-11-13-30(14-12-21)15-19-7-3-1-4-8-19)17-33-26-24-22(20-9-5-2-6-10-20)16-32-25(24)27-18-28-26/h1-10,16,18,21H,11-15,17H2,(H,29,31). The van der Waals surface area contributed by atoms with Gasteiger partial charge in [-0.15, -0.1) is 11.3 Å². The molecule has 5 nitrogen and oxygen atoms in total. The molecule has 7 heteroatoms. The fourth-order valence-electron chi connectivity index (χ4n) is 4.27. The fourth-order valence-corrected chi connectivity index (χ4v) is 6.07. The maximum atomic E-state index is 12.7. The Morgan fingerprint density at radius 3 is 2.52 bits per heavy atom. The molecule has 1 aliphatic heterocycles. The van der Waals surface area contributed by atoms with Gasteiger partial charge in [0.1, 0.15) is 16.2 Å². The van der Waals surface area contributed by atoms with Crippen LogP contribution in [0.2, 0.25) is 0 Å². The molecule has 2 aromatic heterocycles. The van der Waals surface area contributed by atoms with Crippen molar-refractivity contribution in [1.29, 1.82) is 0 Å². The molecule has 3 heterocycles. The number of nitrogens with zero attached hydrogens (tertiary/aromatic N) is 3. The number of nitrogens with one attached hydrogen (secondary N) is 1. The summed E-state index contributed by atoms with van der Waals surface area (Å²) in [5, 5.41) is 7.27. The molecule has 1 amide bonds. The zero-order valence-electron chi connectivity index (χ0n) is 18.3. The van der Waals surface area contributed by atoms with Crippen molar-refractivity contribution >= 4 is 39.2 Å². The number of amides is 1. The minimum Gasteiger partial charge on any atom is -0.353 e. The van der Waals surface area contributed by atoms with Gasteiger partial charge in [-0.1, -0.05) is 72.4 Å². The highest BCUT2D eigenvalue weighted by atomic mass is 32.2. The van der Waals surface area contributed by atoms with E-state index < -0.39 is 0 Å². The Morgan fingerprint density at radius 1 is 1.03 bits per heavy atom. The quantitative estimate of drug-likeness (QED) is 0.294. The van der Waals surface area contributed by atoms with Crippen LogP contribution in [-0.4, -0.2) is 45.7 Å². The summed E-state index contributed by atoms with van der Waals surface area (Å²) in [5.74, 6) is 0.435. The third-order valence-electron chi connectivity index (χ3n) is 5.96. The predicted molar refractivity (Wildman–Crippen MR) is 136 cm³/mol. The summed E-state index contributed by atoms with van der Waals surface area (Å²) in [6.07, 6.45) is 3.57. The Hall–Kier alpha value is -2.74. The van der Waals surface area contributed by atoms with Gasteiger partial charge in [-0.3, -0.25) is 9.69 Å². The molecular weight excluding hydrogens is 448 g/mol. The molecule has 0 aliphatic carbocycles. The van der Waals surface area contributed by atoms with Crippen LogP contribution in [0.1, 0.15) is 18.4 Å². The van der Waals surface area contributed by atoms with Gasteiger partial charge in [0.05, 0.1) is 11.1 Å². The Bertz CT molecular complexity index is 1200. The smallest absolute Gasteiger partial charge is 0.230 e. The number of thioether (sulfide) groups is 1. The zero-order chi connectivity index (χ0) is 22.5. The van der Waals surface area contributed by atoms with Gasteiger partial charge in [0.15, 0.2) is 0 Å². The van der Waals surface area contributed by atoms with E-state index in [4.69, 9.17) is 0 Å². The van der Waals surface area contributed by atoms with Crippen LogP contribution in [0.15, 0.2) is 77.4 Å². The molecule has 1 fully saturated rings. The van der Waals surface area contributed by atoms with Gasteiger partial charge in [-0.2, -0.15) is 0 Å². The van der Waals surface area contributed by atoms with Crippen LogP contribution in [-0.2, 0) is 11.3 Å². The van der Waals surface area contributed by atoms with E-state index in [1.54, 1.807) is 17.7 Å². The maximum Gasteiger partial charge on any atom is 0.230 e. The fraction of sp³-hybridized carbons (Fsp3) is 0.269. The van der Waals surface area contributed by atoms with E-state index in [9.17, 15) is 4.79 Å². The number of thiophene rings is 1. The van der Waals surface area contributed by atoms with Crippen LogP contribution in [0, 0.1) is 0 Å². The highest BCUT2D eigenvalue weighted by Gasteiger charge is 2.21. The van der Waals surface area contributed by atoms with E-state index in [1.807, 2.05) is 18.2 Å². The number of rotatable bonds is 7. The molecule has 0 radical (unpaired) electrons. The molecule has 0 saturated carbocycles. The Balaban J connectivity index is 1.16. The van der Waals surface area contributed by atoms with Gasteiger partial charge in [-0.25, -0.2) is 9.97 Å². The SMILES string of the molecule is O=C(CSc1ncnc2scc(-c3ccccc3)c12)NC1CCN(Cc2ccccc2)CC1. The first-order valence-electron chi connectivity index (χ1n) is 11.2. The van der Waals surface area contributed by atoms with Crippen LogP contribution in [0.4, 0.5) is 0 Å². The minimum atomic E-state index is 0.0739. The highest BCUT2D eigenvalue weighted by Crippen LogP contribution is 2.37. The third kappa shape index (κ3) is 5.43. The largest absolute Gasteiger partial charge is 0.353 e. The molecule has 0 unspecified atom stereocenters. The summed E-state index contributed by atoms with van der Waals surface area (Å²) >= 11 is 3.11. The van der Waals surface area contributed by atoms with Crippen LogP contribution >= 0.6 is 23.1 Å². The van der Waals surface area contributed by atoms with Crippen molar-refractivity contribution in [1.82, 2.24) is 20.2 Å². The average Bonchev–Trinajstić information content (AvgIpc) is 3.30. The van der Waals surface area contributed by atoms with E-state index in [-0.39, 0.29) is 11.9 Å². The number of likely N-dealkylation sites (tertiary alicyclic amines) is 1. The highest BCUT2D eigenvalue weighted by molar-refractivity contribution is 8.00. The average molecular weight is 475 g/mol. The van der Waals surface area contributed by atoms with Crippen LogP contribution in [0.25, 0.3) is 21.3 Å². The van der Waals surface area contributed by atoms with Crippen molar-refractivity contribution in [2.45, 2.75) is 30.5 Å². The first kappa shape index (κ1) is 22.1. The third-order valence-corrected chi connectivity index (χ3v) is 7.84. The molecule has 0 atom stereocenters. The van der Waals surface area contributed by atoms with Gasteiger partial charge < -0.3 is 5.32 Å². The first-order valence-corrected chi connectivity index (χ1v) is 13.1. The summed E-state index contributed by atoms with van der Waals surface area (Å²) < 4.78 is 0. The molecule has 33 heavy (non-hydrogen) atoms. The molecule has 1 aliphatic rings. The van der Waals surface area contributed by atoms with Gasteiger partial charge >= 0.3 is 0 Å². The molecule has 2 aromatic carbocycles. The van der Waals surface area contributed by atoms with E-state index >= 15 is 0 Å². The number of benzene rings is 2. The summed E-state index contributed by atoms with van der Waals surface area (Å²) in [7, 11) is 0. The molecule has 5 rings (SSSR count). The molecule has 168 valence electrons. The molecular formula is C26H26N4OS2. The van der Waals surface area contributed by atoms with Crippen LogP contribution in [0.3, 0.4) is 0 Å². The van der Waals surface area contributed by atoms with Crippen molar-refractivity contribution in [2.24, 2.45) is 0 Å². The lowest BCUT2D eigenvalue weighted by atomic mass is 10.0. The second-order valence-electron chi connectivity index (χ2n) is 8.27. The molecule has 1 saturated heterocycles. The number of hydrogen-bond donors (Lipinski definition) is 1. The Kier molecular flexibility index (Phi) is 7.00. The topological polar surface area (TPSA) is 58.1 Å². The maximum absolute atomic E-state index is 12.7. The Morgan fingerprint density at radius 2 is 1.76 bits per heavy atom. The van der Waals surface area contributed by atoms with Gasteiger partial charge in [0, 0.05) is 36.6 Å². The lowest BCUT2D eigenvalue weighted by Gasteiger charge is -2.32. The Labute approximate surface area is 202 Å². The number of piperidine rings is 1. The monoisotopic (exact) mass is 474 g/mol. The number of carbonyl (C=O) groups excluding carboxylic acids is 1. The van der Waals surface area contributed by atoms with Crippen molar-refractivity contribution < 1.29 is 4.79 Å². The summed E-state index contributed by atoms with van der Waals surface area (Å²) in [5.41, 5.74) is 3.62. The van der Waals surface area contributed by atoms with Crippen molar-refractivity contribution in [3.63, 3.8) is 0 Å². The second-order valence-corrected chi connectivity index (χ2v) is 10.1. The van der Waals surface area contributed by atoms with Crippen LogP contribution < -0.4 is 5.32 Å². The van der Waals surface area contributed by atoms with E-state index in [2.05, 4.69) is 68.0 Å². The molecule has 0 spiro atoms. The predicted octanol–water partition coefficient (Wildman–Crippen LogP) is 5.23. The minimum absolute atomic E-state index is 0.0739. The number of carbonyl (C=O) groups is 1. The normalized spacial score (nSPS) is 15.0. The van der Waals surface area contributed by atoms with Gasteiger partial charge in [0.2, 0.25) is 5.91 Å². The number of aromatic nitrogens is 2. The second kappa shape index (κ2) is 10.5. The number of fused-ring (bicyclic) bond motifs is 1. The van der Waals surface area contributed by atoms with Crippen molar-refractivity contribution in [3.8, 4) is 11.1 Å². The molecule has 4 aromatic rings. The van der Waals surface area contributed by atoms with Crippen molar-refractivity contribution in [3.05, 3.63) is 77.9 Å². The lowest BCUT2D eigenvalue weighted by Crippen LogP contribution is -2.44. The number of hydrogen-bond acceptors (Lipinski definition) is 6. The summed E-state index contributed by atoms with van der Waals surface area (Å²) in [6, 6.07) is 21.1. The van der Waals surface area contributed by atoms with E-state index in [0.29, 0.717) is 5.75 Å². The zero-order valence-corrected chi connectivity index (χ0v) is 19.9. The van der Waals surface area contributed by atoms with Gasteiger partial charge in [0.25, 0.3) is 0 Å². The van der Waals surface area contributed by atoms with Crippen molar-refractivity contribution in [2.75, 3.05) is 18.8 Å². The van der Waals surface area contributed by atoms with E-state index in [0.717, 1.165) is 58.8 Å². The molecule has 0 bridgehead atoms. The van der Waals surface area contributed by atoms with E-state index in [1.165, 1.54) is 17.3 Å². The van der Waals surface area contributed by atoms with Gasteiger partial charge in [-0.05, 0) is 24.0 Å². The molecule has 1 N–H and O–H groups in total. The summed E-state index contributed by atoms with van der Waals surface area (Å²) in [4.78, 5) is 25.1. The first-order chi connectivity index (χ1) is 16.3. The summed E-state index contributed by atoms with van der Waals surface area (Å²) in [6.45, 7) is 3.00.